The van der Waals surface area contributed by atoms with Crippen molar-refractivity contribution in [2.75, 3.05) is 28.4 Å². The van der Waals surface area contributed by atoms with Crippen molar-refractivity contribution in [1.82, 2.24) is 10.3 Å². The van der Waals surface area contributed by atoms with Gasteiger partial charge in [-0.1, -0.05) is 10.3 Å². The summed E-state index contributed by atoms with van der Waals surface area (Å²) in [6.45, 7) is 2.97. The van der Waals surface area contributed by atoms with Crippen LogP contribution in [0.2, 0.25) is 0 Å². The molecule has 0 amide bonds. The molecule has 6 rings (SSSR count). The Bertz CT molecular complexity index is 1290. The Morgan fingerprint density at radius 3 is 1.39 bits per heavy atom. The Morgan fingerprint density at radius 2 is 1.08 bits per heavy atom. The van der Waals surface area contributed by atoms with E-state index < -0.39 is 58.1 Å². The second-order valence-electron chi connectivity index (χ2n) is 8.91. The predicted molar refractivity (Wildman–Crippen MR) is 107 cm³/mol. The zero-order valence-electron chi connectivity index (χ0n) is 19.9. The molecule has 0 aliphatic carbocycles. The van der Waals surface area contributed by atoms with Gasteiger partial charge in [-0.2, -0.15) is 0 Å². The van der Waals surface area contributed by atoms with Crippen molar-refractivity contribution in [2.24, 2.45) is 10.8 Å². The van der Waals surface area contributed by atoms with Crippen LogP contribution in [-0.2, 0) is 49.6 Å². The number of carbonyl (C=O) groups excluding carboxylic acids is 4. The number of fused-ring (bicyclic) bond motifs is 13. The monoisotopic (exact) mass is 504 g/mol. The maximum absolute atomic E-state index is 14.1. The van der Waals surface area contributed by atoms with Gasteiger partial charge in [0.25, 0.3) is 0 Å². The molecule has 14 nitrogen and oxygen atoms in total. The van der Waals surface area contributed by atoms with Gasteiger partial charge in [0, 0.05) is 14.2 Å². The number of esters is 2. The summed E-state index contributed by atoms with van der Waals surface area (Å²) in [6.07, 6.45) is -3.75. The summed E-state index contributed by atoms with van der Waals surface area (Å²) in [4.78, 5) is 56.1. The van der Waals surface area contributed by atoms with Crippen LogP contribution in [0, 0.1) is 24.7 Å². The fourth-order valence-electron chi connectivity index (χ4n) is 6.82. The lowest BCUT2D eigenvalue weighted by Crippen LogP contribution is -2.66. The molecule has 2 saturated heterocycles. The summed E-state index contributed by atoms with van der Waals surface area (Å²) < 4.78 is 45.3. The highest BCUT2D eigenvalue weighted by molar-refractivity contribution is 6.13. The van der Waals surface area contributed by atoms with E-state index in [1.807, 2.05) is 0 Å². The first kappa shape index (κ1) is 23.0. The van der Waals surface area contributed by atoms with E-state index in [9.17, 15) is 19.2 Å². The van der Waals surface area contributed by atoms with Crippen LogP contribution in [0.15, 0.2) is 9.05 Å². The van der Waals surface area contributed by atoms with Gasteiger partial charge in [0.15, 0.2) is 23.0 Å². The van der Waals surface area contributed by atoms with E-state index in [0.29, 0.717) is 0 Å². The zero-order chi connectivity index (χ0) is 26.0. The first-order valence-corrected chi connectivity index (χ1v) is 10.8. The minimum Gasteiger partial charge on any atom is -0.468 e. The summed E-state index contributed by atoms with van der Waals surface area (Å²) in [6, 6.07) is 0. The molecule has 4 aliphatic heterocycles. The van der Waals surface area contributed by atoms with Gasteiger partial charge in [-0.05, 0) is 13.8 Å². The average Bonchev–Trinajstić information content (AvgIpc) is 3.59. The molecule has 0 saturated carbocycles. The molecule has 2 aromatic rings. The third kappa shape index (κ3) is 1.80. The minimum absolute atomic E-state index is 0.0934. The topological polar surface area (TPSA) is 176 Å². The molecule has 190 valence electrons. The average molecular weight is 504 g/mol. The van der Waals surface area contributed by atoms with Gasteiger partial charge in [-0.3, -0.25) is 19.2 Å². The first-order chi connectivity index (χ1) is 17.1. The van der Waals surface area contributed by atoms with Crippen molar-refractivity contribution in [3.63, 3.8) is 0 Å². The number of rotatable bonds is 4. The Balaban J connectivity index is 1.90. The standard InChI is InChI=1S/C22H20N2O12/c1-7-9-13(35-23-7)11(25)15-20(18(28)30-4)19(17(27)29-3,21(9,31-5)33-15)16-12(26)14-10(8(2)24-36-14)22(20,32-6)34-16/h15-16H,1-6H3/t15-,16-,19+,20+,21+,22+/m1/s1. The SMILES string of the molecule is COC(=O)[C@@]12[C@@H]3O[C@@](OC)(c4c(C)noc4C3=O)[C@]1(C(=O)OC)[C@@H]1O[C@@]2(OC)c2c(C)noc2C1=O. The molecule has 0 radical (unpaired) electrons. The number of hydrogen-bond acceptors (Lipinski definition) is 14. The van der Waals surface area contributed by atoms with Crippen molar-refractivity contribution in [2.45, 2.75) is 37.6 Å². The van der Waals surface area contributed by atoms with Crippen molar-refractivity contribution >= 4 is 23.5 Å². The molecular weight excluding hydrogens is 484 g/mol. The number of ether oxygens (including phenoxy) is 6. The lowest BCUT2D eigenvalue weighted by atomic mass is 9.54. The summed E-state index contributed by atoms with van der Waals surface area (Å²) in [5, 5.41) is 7.71. The Morgan fingerprint density at radius 1 is 0.722 bits per heavy atom. The number of aryl methyl sites for hydroxylation is 2. The third-order valence-electron chi connectivity index (χ3n) is 7.91. The molecule has 0 spiro atoms. The number of methoxy groups -OCH3 is 4. The minimum atomic E-state index is -2.54. The van der Waals surface area contributed by atoms with Gasteiger partial charge >= 0.3 is 11.9 Å². The van der Waals surface area contributed by atoms with E-state index in [1.165, 1.54) is 28.1 Å². The highest BCUT2D eigenvalue weighted by atomic mass is 16.8. The van der Waals surface area contributed by atoms with E-state index in [4.69, 9.17) is 37.5 Å². The highest BCUT2D eigenvalue weighted by Crippen LogP contribution is 2.80. The number of nitrogens with zero attached hydrogens (tertiary/aromatic N) is 2. The molecule has 2 fully saturated rings. The van der Waals surface area contributed by atoms with Crippen LogP contribution in [-0.4, -0.2) is 74.5 Å². The van der Waals surface area contributed by atoms with E-state index in [1.54, 1.807) is 0 Å². The fourth-order valence-corrected chi connectivity index (χ4v) is 6.82. The van der Waals surface area contributed by atoms with Gasteiger partial charge in [0.2, 0.25) is 34.7 Å². The molecule has 6 heterocycles. The van der Waals surface area contributed by atoms with Crippen molar-refractivity contribution in [3.05, 3.63) is 34.0 Å². The van der Waals surface area contributed by atoms with Crippen LogP contribution in [0.5, 0.6) is 0 Å². The number of Topliss-reactive ketones (excluding diaryl/α,β-unsaturated/α-hetero) is 2. The smallest absolute Gasteiger partial charge is 0.322 e. The van der Waals surface area contributed by atoms with Crippen LogP contribution in [0.25, 0.3) is 0 Å². The molecule has 6 atom stereocenters. The van der Waals surface area contributed by atoms with Gasteiger partial charge in [-0.25, -0.2) is 0 Å². The molecule has 0 unspecified atom stereocenters. The van der Waals surface area contributed by atoms with Crippen LogP contribution < -0.4 is 0 Å². The zero-order valence-corrected chi connectivity index (χ0v) is 19.9. The molecule has 0 N–H and O–H groups in total. The van der Waals surface area contributed by atoms with Gasteiger partial charge in [-0.15, -0.1) is 0 Å². The summed E-state index contributed by atoms with van der Waals surface area (Å²) in [7, 11) is 4.45. The summed E-state index contributed by atoms with van der Waals surface area (Å²) in [5.41, 5.74) is -5.05. The molecule has 36 heavy (non-hydrogen) atoms. The van der Waals surface area contributed by atoms with E-state index in [2.05, 4.69) is 10.3 Å². The Kier molecular flexibility index (Phi) is 4.24. The predicted octanol–water partition coefficient (Wildman–Crippen LogP) is 0.0870. The Labute approximate surface area is 202 Å². The van der Waals surface area contributed by atoms with E-state index >= 15 is 0 Å². The van der Waals surface area contributed by atoms with Crippen LogP contribution >= 0.6 is 0 Å². The lowest BCUT2D eigenvalue weighted by molar-refractivity contribution is -0.297. The molecule has 4 aliphatic rings. The lowest BCUT2D eigenvalue weighted by Gasteiger charge is -2.44. The largest absolute Gasteiger partial charge is 0.468 e. The van der Waals surface area contributed by atoms with Gasteiger partial charge in [0.1, 0.15) is 0 Å². The fraction of sp³-hybridized carbons (Fsp3) is 0.545. The van der Waals surface area contributed by atoms with E-state index in [0.717, 1.165) is 14.2 Å². The number of aromatic nitrogens is 2. The van der Waals surface area contributed by atoms with Crippen molar-refractivity contribution in [3.8, 4) is 0 Å². The van der Waals surface area contributed by atoms with Crippen LogP contribution in [0.3, 0.4) is 0 Å². The second-order valence-corrected chi connectivity index (χ2v) is 8.91. The maximum atomic E-state index is 14.1. The molecule has 4 bridgehead atoms. The van der Waals surface area contributed by atoms with Gasteiger partial charge in [0.05, 0.1) is 36.7 Å². The molecular formula is C22H20N2O12. The second kappa shape index (κ2) is 6.64. The number of ketones is 2. The van der Waals surface area contributed by atoms with Crippen LogP contribution in [0.4, 0.5) is 0 Å². The molecule has 2 aromatic heterocycles. The maximum Gasteiger partial charge on any atom is 0.322 e. The van der Waals surface area contributed by atoms with Crippen molar-refractivity contribution in [1.29, 1.82) is 0 Å². The Hall–Kier alpha value is -3.46. The number of carbonyl (C=O) groups is 4. The molecule has 14 heteroatoms. The summed E-state index contributed by atoms with van der Waals surface area (Å²) in [5.74, 6) is -9.36. The highest BCUT2D eigenvalue weighted by Gasteiger charge is 3.00. The van der Waals surface area contributed by atoms with E-state index in [-0.39, 0.29) is 34.0 Å². The molecule has 0 aromatic carbocycles. The number of hydrogen-bond donors (Lipinski definition) is 0. The first-order valence-electron chi connectivity index (χ1n) is 10.8. The summed E-state index contributed by atoms with van der Waals surface area (Å²) >= 11 is 0. The quantitative estimate of drug-likeness (QED) is 0.512. The van der Waals surface area contributed by atoms with Crippen LogP contribution in [0.1, 0.15) is 43.6 Å². The normalized spacial score (nSPS) is 37.4. The van der Waals surface area contributed by atoms with Crippen molar-refractivity contribution < 1.29 is 56.6 Å². The third-order valence-corrected chi connectivity index (χ3v) is 7.91. The van der Waals surface area contributed by atoms with Gasteiger partial charge < -0.3 is 37.5 Å².